The fourth-order valence-electron chi connectivity index (χ4n) is 0. The molecule has 0 bridgehead atoms. The Balaban J connectivity index is 0. The molecule has 0 rings (SSSR count). The smallest absolute Gasteiger partial charge is 0.485 e. The normalized spacial score (nSPS) is 11.2. The van der Waals surface area contributed by atoms with Crippen LogP contribution >= 0.6 is 0 Å². The summed E-state index contributed by atoms with van der Waals surface area (Å²) in [6, 6.07) is 0. The number of nitrogens with two attached hydrogens (primary N) is 1. The van der Waals surface area contributed by atoms with Crippen LogP contribution in [0.1, 0.15) is 0 Å². The number of nitrogens with zero attached hydrogens (tertiary/aromatic N) is 1. The Hall–Kier alpha value is -0.830. The third-order valence-electron chi connectivity index (χ3n) is 0.582. The van der Waals surface area contributed by atoms with Gasteiger partial charge in [0.25, 0.3) is 0 Å². The molecule has 0 heterocycles. The van der Waals surface area contributed by atoms with E-state index in [1.54, 1.807) is 4.58 Å². The molecule has 2 N–H and O–H groups in total. The van der Waals surface area contributed by atoms with Gasteiger partial charge in [-0.3, -0.25) is 10.3 Å². The highest BCUT2D eigenvalue weighted by Crippen LogP contribution is 2.20. The molecule has 0 amide bonds. The first-order valence-electron chi connectivity index (χ1n) is 2.76. The Bertz CT molecular complexity index is 265. The van der Waals surface area contributed by atoms with Crippen molar-refractivity contribution in [2.24, 2.45) is 5.73 Å². The summed E-state index contributed by atoms with van der Waals surface area (Å²) in [6.45, 7) is 0. The van der Waals surface area contributed by atoms with Gasteiger partial charge in [-0.15, -0.1) is 0 Å². The van der Waals surface area contributed by atoms with Crippen LogP contribution in [0.2, 0.25) is 0 Å². The summed E-state index contributed by atoms with van der Waals surface area (Å²) < 4.78 is 60.7. The molecule has 0 aliphatic heterocycles. The summed E-state index contributed by atoms with van der Waals surface area (Å²) in [5.74, 6) is 0. The molecule has 0 saturated heterocycles. The summed E-state index contributed by atoms with van der Waals surface area (Å²) in [4.78, 5) is 0. The van der Waals surface area contributed by atoms with Crippen molar-refractivity contribution in [1.29, 1.82) is 0 Å². The van der Waals surface area contributed by atoms with Crippen LogP contribution in [-0.2, 0) is 10.1 Å². The van der Waals surface area contributed by atoms with Crippen molar-refractivity contribution >= 4 is 16.5 Å². The number of rotatable bonds is 0. The predicted octanol–water partition coefficient (Wildman–Crippen LogP) is -0.703. The molecule has 0 aromatic heterocycles. The second-order valence-corrected chi connectivity index (χ2v) is 3.38. The predicted molar refractivity (Wildman–Crippen MR) is 38.1 cm³/mol. The van der Waals surface area contributed by atoms with Crippen LogP contribution < -0.4 is 5.73 Å². The molecule has 0 aromatic rings. The Morgan fingerprint density at radius 2 is 1.54 bits per heavy atom. The molecule has 0 aliphatic carbocycles. The number of hydrogen-bond donors (Lipinski definition) is 1. The van der Waals surface area contributed by atoms with Crippen LogP contribution in [0.15, 0.2) is 0 Å². The standard InChI is InChI=1S/C3H8N2.CHF3O3S/c1-5(2)3-4;2-1(3,4)8(5,6)7/h3-4H,1-2H3;(H,5,6,7). The van der Waals surface area contributed by atoms with Crippen molar-refractivity contribution in [2.75, 3.05) is 14.1 Å². The summed E-state index contributed by atoms with van der Waals surface area (Å²) in [5.41, 5.74) is -0.674. The van der Waals surface area contributed by atoms with Gasteiger partial charge in [0.15, 0.2) is 10.1 Å². The minimum absolute atomic E-state index is 1.50. The first kappa shape index (κ1) is 14.7. The number of alkyl halides is 3. The molecule has 80 valence electrons. The second-order valence-electron chi connectivity index (χ2n) is 2.01. The van der Waals surface area contributed by atoms with Crippen LogP contribution in [0.25, 0.3) is 0 Å². The number of hydrogen-bond acceptors (Lipinski definition) is 3. The maximum atomic E-state index is 10.7. The fourth-order valence-corrected chi connectivity index (χ4v) is 0. The van der Waals surface area contributed by atoms with Gasteiger partial charge >= 0.3 is 5.51 Å². The molecule has 0 unspecified atom stereocenters. The van der Waals surface area contributed by atoms with Crippen molar-refractivity contribution in [3.05, 3.63) is 0 Å². The van der Waals surface area contributed by atoms with E-state index in [9.17, 15) is 13.2 Å². The lowest BCUT2D eigenvalue weighted by molar-refractivity contribution is -0.460. The highest BCUT2D eigenvalue weighted by atomic mass is 32.2. The molecular weight excluding hydrogens is 213 g/mol. The molecule has 9 heteroatoms. The quantitative estimate of drug-likeness (QED) is 0.193. The van der Waals surface area contributed by atoms with Crippen LogP contribution in [0, 0.1) is 0 Å². The van der Waals surface area contributed by atoms with Crippen molar-refractivity contribution in [2.45, 2.75) is 5.51 Å². The van der Waals surface area contributed by atoms with Crippen LogP contribution in [0.5, 0.6) is 0 Å². The zero-order valence-electron chi connectivity index (χ0n) is 6.87. The monoisotopic (exact) mass is 222 g/mol. The van der Waals surface area contributed by atoms with Gasteiger partial charge in [0, 0.05) is 0 Å². The maximum absolute atomic E-state index is 10.7. The minimum Gasteiger partial charge on any atom is -0.741 e. The molecular formula is C4H9F3N2O3S. The fraction of sp³-hybridized carbons (Fsp3) is 0.750. The van der Waals surface area contributed by atoms with E-state index in [4.69, 9.17) is 18.7 Å². The molecule has 5 nitrogen and oxygen atoms in total. The molecule has 13 heavy (non-hydrogen) atoms. The van der Waals surface area contributed by atoms with E-state index in [2.05, 4.69) is 0 Å². The maximum Gasteiger partial charge on any atom is 0.485 e. The van der Waals surface area contributed by atoms with Gasteiger partial charge in [0.1, 0.15) is 0 Å². The summed E-state index contributed by atoms with van der Waals surface area (Å²) >= 11 is 0. The molecule has 0 aliphatic rings. The molecule has 0 atom stereocenters. The Kier molecular flexibility index (Phi) is 5.67. The average molecular weight is 222 g/mol. The van der Waals surface area contributed by atoms with Gasteiger partial charge in [-0.2, -0.15) is 13.2 Å². The van der Waals surface area contributed by atoms with Crippen LogP contribution in [-0.4, -0.2) is 43.5 Å². The van der Waals surface area contributed by atoms with Gasteiger partial charge in [-0.05, 0) is 0 Å². The lowest BCUT2D eigenvalue weighted by atomic mass is 11.1. The molecule has 0 saturated carbocycles. The molecule has 0 aromatic carbocycles. The van der Waals surface area contributed by atoms with Gasteiger partial charge in [-0.25, -0.2) is 8.42 Å². The van der Waals surface area contributed by atoms with E-state index < -0.39 is 15.6 Å². The van der Waals surface area contributed by atoms with Crippen molar-refractivity contribution in [3.63, 3.8) is 0 Å². The minimum atomic E-state index is -6.09. The third-order valence-corrected chi connectivity index (χ3v) is 1.15. The van der Waals surface area contributed by atoms with E-state index in [1.807, 2.05) is 14.1 Å². The van der Waals surface area contributed by atoms with E-state index in [0.717, 1.165) is 0 Å². The SMILES string of the molecule is C[N+](C)=CN.O=S(=O)([O-])C(F)(F)F. The third kappa shape index (κ3) is 9.08. The Morgan fingerprint density at radius 1 is 1.38 bits per heavy atom. The summed E-state index contributed by atoms with van der Waals surface area (Å²) in [6.07, 6.45) is 1.50. The van der Waals surface area contributed by atoms with E-state index in [0.29, 0.717) is 0 Å². The van der Waals surface area contributed by atoms with Gasteiger partial charge in [0.2, 0.25) is 6.34 Å². The van der Waals surface area contributed by atoms with Crippen molar-refractivity contribution in [1.82, 2.24) is 0 Å². The lowest BCUT2D eigenvalue weighted by Gasteiger charge is -2.08. The number of halogens is 3. The van der Waals surface area contributed by atoms with Gasteiger partial charge in [-0.1, -0.05) is 0 Å². The summed E-state index contributed by atoms with van der Waals surface area (Å²) in [7, 11) is -2.34. The lowest BCUT2D eigenvalue weighted by Crippen LogP contribution is -2.21. The highest BCUT2D eigenvalue weighted by Gasteiger charge is 2.36. The van der Waals surface area contributed by atoms with Gasteiger partial charge < -0.3 is 4.55 Å². The second kappa shape index (κ2) is 5.02. The highest BCUT2D eigenvalue weighted by molar-refractivity contribution is 7.86. The van der Waals surface area contributed by atoms with E-state index in [-0.39, 0.29) is 0 Å². The first-order chi connectivity index (χ1) is 5.52. The Morgan fingerprint density at radius 3 is 1.54 bits per heavy atom. The first-order valence-corrected chi connectivity index (χ1v) is 4.17. The zero-order chi connectivity index (χ0) is 11.3. The van der Waals surface area contributed by atoms with E-state index in [1.165, 1.54) is 6.34 Å². The molecule has 0 radical (unpaired) electrons. The topological polar surface area (TPSA) is 86.2 Å². The zero-order valence-corrected chi connectivity index (χ0v) is 7.69. The Labute approximate surface area is 73.4 Å². The van der Waals surface area contributed by atoms with E-state index >= 15 is 0 Å². The summed E-state index contributed by atoms with van der Waals surface area (Å²) in [5, 5.41) is 0. The largest absolute Gasteiger partial charge is 0.741 e. The van der Waals surface area contributed by atoms with Crippen LogP contribution in [0.3, 0.4) is 0 Å². The van der Waals surface area contributed by atoms with Gasteiger partial charge in [0.05, 0.1) is 14.1 Å². The molecule has 0 fully saturated rings. The van der Waals surface area contributed by atoms with Crippen molar-refractivity contribution < 1.29 is 30.7 Å². The molecule has 0 spiro atoms. The average Bonchev–Trinajstić information content (AvgIpc) is 1.84. The van der Waals surface area contributed by atoms with Crippen molar-refractivity contribution in [3.8, 4) is 0 Å². The van der Waals surface area contributed by atoms with Crippen LogP contribution in [0.4, 0.5) is 13.2 Å².